The lowest BCUT2D eigenvalue weighted by molar-refractivity contribution is 0.925. The van der Waals surface area contributed by atoms with Crippen LogP contribution >= 0.6 is 0 Å². The van der Waals surface area contributed by atoms with Gasteiger partial charge in [0, 0.05) is 29.4 Å². The van der Waals surface area contributed by atoms with Crippen LogP contribution in [0.25, 0.3) is 11.0 Å². The summed E-state index contributed by atoms with van der Waals surface area (Å²) in [7, 11) is 0. The lowest BCUT2D eigenvalue weighted by atomic mass is 9.92. The summed E-state index contributed by atoms with van der Waals surface area (Å²) in [6, 6.07) is 14.4. The Morgan fingerprint density at radius 3 is 2.81 bits per heavy atom. The predicted molar refractivity (Wildman–Crippen MR) is 87.0 cm³/mol. The Balaban J connectivity index is 1.72. The van der Waals surface area contributed by atoms with E-state index in [0.717, 1.165) is 35.2 Å². The molecule has 0 aliphatic heterocycles. The molecule has 0 fully saturated rings. The lowest BCUT2D eigenvalue weighted by Crippen LogP contribution is -2.09. The van der Waals surface area contributed by atoms with E-state index in [9.17, 15) is 0 Å². The van der Waals surface area contributed by atoms with Crippen LogP contribution in [0.2, 0.25) is 0 Å². The summed E-state index contributed by atoms with van der Waals surface area (Å²) in [4.78, 5) is 7.50. The Labute approximate surface area is 124 Å². The molecule has 3 rings (SSSR count). The molecule has 0 aliphatic rings. The van der Waals surface area contributed by atoms with Crippen LogP contribution in [-0.2, 0) is 6.42 Å². The number of H-pyrrole nitrogens is 1. The van der Waals surface area contributed by atoms with Crippen molar-refractivity contribution < 1.29 is 0 Å². The maximum atomic E-state index is 8.36. The summed E-state index contributed by atoms with van der Waals surface area (Å²) in [5.74, 6) is 0.117. The van der Waals surface area contributed by atoms with Gasteiger partial charge in [0.25, 0.3) is 0 Å². The Morgan fingerprint density at radius 1 is 1.19 bits per heavy atom. The zero-order valence-corrected chi connectivity index (χ0v) is 12.1. The Bertz CT molecular complexity index is 743. The van der Waals surface area contributed by atoms with Crippen LogP contribution in [0.1, 0.15) is 30.4 Å². The van der Waals surface area contributed by atoms with Gasteiger partial charge in [-0.15, -0.1) is 0 Å². The summed E-state index contributed by atoms with van der Waals surface area (Å²) >= 11 is 0. The van der Waals surface area contributed by atoms with E-state index in [1.807, 2.05) is 30.5 Å². The van der Waals surface area contributed by atoms with E-state index in [0.29, 0.717) is 0 Å². The normalized spacial score (nSPS) is 12.4. The molecule has 1 atom stereocenters. The molecule has 0 spiro atoms. The molecule has 106 valence electrons. The van der Waals surface area contributed by atoms with Crippen molar-refractivity contribution in [3.63, 3.8) is 0 Å². The highest BCUT2D eigenvalue weighted by Crippen LogP contribution is 2.26. The van der Waals surface area contributed by atoms with E-state index in [-0.39, 0.29) is 5.92 Å². The molecule has 21 heavy (non-hydrogen) atoms. The van der Waals surface area contributed by atoms with Crippen LogP contribution in [0.3, 0.4) is 0 Å². The number of hydrogen-bond acceptors (Lipinski definition) is 2. The molecule has 2 aromatic heterocycles. The first-order chi connectivity index (χ1) is 10.3. The summed E-state index contributed by atoms with van der Waals surface area (Å²) in [6.45, 7) is 2.10. The third kappa shape index (κ3) is 2.87. The highest BCUT2D eigenvalue weighted by Gasteiger charge is 2.15. The number of nitrogens with zero attached hydrogens (tertiary/aromatic N) is 1. The summed E-state index contributed by atoms with van der Waals surface area (Å²) in [6.07, 6.45) is 5.48. The van der Waals surface area contributed by atoms with Gasteiger partial charge < -0.3 is 10.4 Å². The lowest BCUT2D eigenvalue weighted by Gasteiger charge is -2.12. The van der Waals surface area contributed by atoms with E-state index in [4.69, 9.17) is 5.41 Å². The van der Waals surface area contributed by atoms with Crippen molar-refractivity contribution in [3.8, 4) is 0 Å². The number of aromatic nitrogens is 2. The Hall–Kier alpha value is -2.42. The first-order valence-corrected chi connectivity index (χ1v) is 7.29. The molecule has 2 N–H and O–H groups in total. The van der Waals surface area contributed by atoms with Gasteiger partial charge in [-0.05, 0) is 36.1 Å². The molecule has 3 heteroatoms. The van der Waals surface area contributed by atoms with Crippen LogP contribution in [0, 0.1) is 5.41 Å². The number of aryl methyl sites for hydroxylation is 1. The van der Waals surface area contributed by atoms with E-state index >= 15 is 0 Å². The van der Waals surface area contributed by atoms with Gasteiger partial charge in [-0.2, -0.15) is 0 Å². The van der Waals surface area contributed by atoms with E-state index < -0.39 is 0 Å². The first kappa shape index (κ1) is 13.6. The molecular weight excluding hydrogens is 258 g/mol. The molecule has 1 aromatic carbocycles. The molecule has 1 unspecified atom stereocenters. The number of rotatable bonds is 5. The minimum Gasteiger partial charge on any atom is -0.346 e. The number of pyridine rings is 1. The Morgan fingerprint density at radius 2 is 2.00 bits per heavy atom. The van der Waals surface area contributed by atoms with Crippen LogP contribution in [0.4, 0.5) is 0 Å². The molecule has 0 amide bonds. The maximum Gasteiger partial charge on any atom is 0.137 e. The third-order valence-corrected chi connectivity index (χ3v) is 4.00. The van der Waals surface area contributed by atoms with Crippen molar-refractivity contribution in [1.29, 1.82) is 5.41 Å². The van der Waals surface area contributed by atoms with Crippen LogP contribution < -0.4 is 0 Å². The van der Waals surface area contributed by atoms with Crippen LogP contribution in [-0.4, -0.2) is 15.7 Å². The number of fused-ring (bicyclic) bond motifs is 1. The fourth-order valence-corrected chi connectivity index (χ4v) is 2.66. The molecule has 2 heterocycles. The minimum atomic E-state index is 0.117. The van der Waals surface area contributed by atoms with Gasteiger partial charge in [0.05, 0.1) is 0 Å². The van der Waals surface area contributed by atoms with Crippen LogP contribution in [0.15, 0.2) is 54.9 Å². The summed E-state index contributed by atoms with van der Waals surface area (Å²) in [5, 5.41) is 9.48. The third-order valence-electron chi connectivity index (χ3n) is 4.00. The monoisotopic (exact) mass is 277 g/mol. The van der Waals surface area contributed by atoms with Crippen molar-refractivity contribution in [2.24, 2.45) is 0 Å². The average molecular weight is 277 g/mol. The van der Waals surface area contributed by atoms with Gasteiger partial charge in [-0.25, -0.2) is 4.98 Å². The van der Waals surface area contributed by atoms with Gasteiger partial charge in [0.1, 0.15) is 5.65 Å². The molecule has 0 saturated heterocycles. The van der Waals surface area contributed by atoms with Gasteiger partial charge in [-0.3, -0.25) is 0 Å². The van der Waals surface area contributed by atoms with Gasteiger partial charge >= 0.3 is 0 Å². The van der Waals surface area contributed by atoms with Crippen molar-refractivity contribution in [1.82, 2.24) is 9.97 Å². The first-order valence-electron chi connectivity index (χ1n) is 7.29. The quantitative estimate of drug-likeness (QED) is 0.670. The Kier molecular flexibility index (Phi) is 3.82. The fraction of sp³-hybridized carbons (Fsp3) is 0.222. The van der Waals surface area contributed by atoms with Crippen molar-refractivity contribution in [3.05, 3.63) is 66.0 Å². The maximum absolute atomic E-state index is 8.36. The second-order valence-electron chi connectivity index (χ2n) is 5.38. The molecular formula is C18H19N3. The number of benzene rings is 1. The number of aromatic amines is 1. The molecule has 3 nitrogen and oxygen atoms in total. The summed E-state index contributed by atoms with van der Waals surface area (Å²) < 4.78 is 0. The molecule has 0 radical (unpaired) electrons. The summed E-state index contributed by atoms with van der Waals surface area (Å²) in [5.41, 5.74) is 4.12. The second kappa shape index (κ2) is 5.92. The van der Waals surface area contributed by atoms with E-state index in [1.165, 1.54) is 5.56 Å². The highest BCUT2D eigenvalue weighted by atomic mass is 14.8. The minimum absolute atomic E-state index is 0.117. The van der Waals surface area contributed by atoms with Crippen molar-refractivity contribution in [2.75, 3.05) is 0 Å². The SMILES string of the molecule is CC(C(=N)CCc1ccccc1)c1c[nH]c2ncccc12. The molecule has 0 aliphatic carbocycles. The van der Waals surface area contributed by atoms with Gasteiger partial charge in [0.15, 0.2) is 0 Å². The van der Waals surface area contributed by atoms with E-state index in [1.54, 1.807) is 6.20 Å². The van der Waals surface area contributed by atoms with Crippen molar-refractivity contribution >= 4 is 16.7 Å². The number of nitrogens with one attached hydrogen (secondary N) is 2. The van der Waals surface area contributed by atoms with Gasteiger partial charge in [0.2, 0.25) is 0 Å². The standard InChI is InChI=1S/C18H19N3/c1-13(16-12-21-18-15(16)8-5-11-20-18)17(19)10-9-14-6-3-2-4-7-14/h2-8,11-13,19H,9-10H2,1H3,(H,20,21). The van der Waals surface area contributed by atoms with Gasteiger partial charge in [-0.1, -0.05) is 37.3 Å². The fourth-order valence-electron chi connectivity index (χ4n) is 2.66. The van der Waals surface area contributed by atoms with Crippen molar-refractivity contribution in [2.45, 2.75) is 25.7 Å². The topological polar surface area (TPSA) is 52.5 Å². The van der Waals surface area contributed by atoms with Crippen LogP contribution in [0.5, 0.6) is 0 Å². The molecule has 3 aromatic rings. The largest absolute Gasteiger partial charge is 0.346 e. The smallest absolute Gasteiger partial charge is 0.137 e. The van der Waals surface area contributed by atoms with E-state index in [2.05, 4.69) is 35.1 Å². The highest BCUT2D eigenvalue weighted by molar-refractivity contribution is 5.93. The number of hydrogen-bond donors (Lipinski definition) is 2. The average Bonchev–Trinajstić information content (AvgIpc) is 2.97. The zero-order valence-electron chi connectivity index (χ0n) is 12.1. The molecule has 0 bridgehead atoms. The molecule has 0 saturated carbocycles. The second-order valence-corrected chi connectivity index (χ2v) is 5.38. The zero-order chi connectivity index (χ0) is 14.7. The predicted octanol–water partition coefficient (Wildman–Crippen LogP) is 4.32.